The molecule has 1 aromatic carbocycles. The van der Waals surface area contributed by atoms with Crippen LogP contribution in [0.2, 0.25) is 0 Å². The van der Waals surface area contributed by atoms with Gasteiger partial charge in [0.1, 0.15) is 17.6 Å². The van der Waals surface area contributed by atoms with E-state index >= 15 is 0 Å². The van der Waals surface area contributed by atoms with Crippen molar-refractivity contribution in [2.24, 2.45) is 0 Å². The normalized spacial score (nSPS) is 9.82. The third kappa shape index (κ3) is 3.08. The molecule has 0 bridgehead atoms. The molecule has 0 radical (unpaired) electrons. The second-order valence-electron chi connectivity index (χ2n) is 3.60. The Hall–Kier alpha value is -2.28. The number of aromatic nitrogens is 2. The molecule has 1 N–H and O–H groups in total. The maximum Gasteiger partial charge on any atom is 0.137 e. The number of ether oxygens (including phenoxy) is 1. The van der Waals surface area contributed by atoms with Crippen LogP contribution in [0.4, 0.5) is 0 Å². The van der Waals surface area contributed by atoms with E-state index < -0.39 is 0 Å². The number of hydrogen-bond donors (Lipinski definition) is 1. The van der Waals surface area contributed by atoms with Gasteiger partial charge >= 0.3 is 0 Å². The molecule has 4 nitrogen and oxygen atoms in total. The fraction of sp³-hybridized carbons (Fsp3) is 0.231. The van der Waals surface area contributed by atoms with Crippen molar-refractivity contribution in [3.05, 3.63) is 48.0 Å². The second-order valence-corrected chi connectivity index (χ2v) is 3.60. The van der Waals surface area contributed by atoms with Crippen molar-refractivity contribution in [3.8, 4) is 11.8 Å². The van der Waals surface area contributed by atoms with Crippen LogP contribution in [-0.4, -0.2) is 16.6 Å². The Labute approximate surface area is 99.9 Å². The fourth-order valence-electron chi connectivity index (χ4n) is 1.54. The van der Waals surface area contributed by atoms with Crippen molar-refractivity contribution in [2.75, 3.05) is 6.61 Å². The first-order valence-corrected chi connectivity index (χ1v) is 5.50. The lowest BCUT2D eigenvalue weighted by atomic mass is 10.2. The molecule has 86 valence electrons. The molecule has 1 heterocycles. The van der Waals surface area contributed by atoms with E-state index in [1.165, 1.54) is 0 Å². The van der Waals surface area contributed by atoms with Gasteiger partial charge in [-0.25, -0.2) is 4.98 Å². The van der Waals surface area contributed by atoms with Gasteiger partial charge in [0.25, 0.3) is 0 Å². The van der Waals surface area contributed by atoms with Gasteiger partial charge in [-0.15, -0.1) is 0 Å². The number of benzene rings is 1. The van der Waals surface area contributed by atoms with Crippen LogP contribution in [0.15, 0.2) is 36.7 Å². The van der Waals surface area contributed by atoms with Crippen LogP contribution in [0, 0.1) is 11.3 Å². The summed E-state index contributed by atoms with van der Waals surface area (Å²) < 4.78 is 5.56. The Balaban J connectivity index is 1.80. The Bertz CT molecular complexity index is 500. The minimum atomic E-state index is 0.575. The standard InChI is InChI=1S/C13H13N3O/c14-10-11-4-1-2-5-12(11)17-9-3-6-13-15-7-8-16-13/h1-2,4-5,7-8H,3,6,9H2,(H,15,16). The monoisotopic (exact) mass is 227 g/mol. The molecule has 2 rings (SSSR count). The molecule has 0 aliphatic heterocycles. The third-order valence-corrected chi connectivity index (χ3v) is 2.38. The molecule has 0 amide bonds. The van der Waals surface area contributed by atoms with Crippen LogP contribution in [0.5, 0.6) is 5.75 Å². The highest BCUT2D eigenvalue weighted by Crippen LogP contribution is 2.16. The summed E-state index contributed by atoms with van der Waals surface area (Å²) in [5, 5.41) is 8.88. The molecule has 0 saturated heterocycles. The van der Waals surface area contributed by atoms with Gasteiger partial charge in [0.05, 0.1) is 12.2 Å². The van der Waals surface area contributed by atoms with Crippen LogP contribution in [0.25, 0.3) is 0 Å². The molecular weight excluding hydrogens is 214 g/mol. The predicted molar refractivity (Wildman–Crippen MR) is 63.6 cm³/mol. The maximum atomic E-state index is 8.88. The van der Waals surface area contributed by atoms with Gasteiger partial charge in [-0.05, 0) is 18.6 Å². The van der Waals surface area contributed by atoms with E-state index in [1.54, 1.807) is 18.5 Å². The number of hydrogen-bond acceptors (Lipinski definition) is 3. The van der Waals surface area contributed by atoms with E-state index in [4.69, 9.17) is 10.00 Å². The van der Waals surface area contributed by atoms with Crippen molar-refractivity contribution in [1.82, 2.24) is 9.97 Å². The first-order valence-electron chi connectivity index (χ1n) is 5.50. The number of imidazole rings is 1. The zero-order valence-electron chi connectivity index (χ0n) is 9.39. The summed E-state index contributed by atoms with van der Waals surface area (Å²) in [6, 6.07) is 9.36. The number of para-hydroxylation sites is 1. The molecule has 1 aromatic heterocycles. The number of nitriles is 1. The van der Waals surface area contributed by atoms with Crippen molar-refractivity contribution in [2.45, 2.75) is 12.8 Å². The summed E-state index contributed by atoms with van der Waals surface area (Å²) in [5.74, 6) is 1.61. The van der Waals surface area contributed by atoms with Crippen molar-refractivity contribution < 1.29 is 4.74 Å². The molecule has 2 aromatic rings. The van der Waals surface area contributed by atoms with E-state index in [1.807, 2.05) is 18.2 Å². The molecule has 0 fully saturated rings. The lowest BCUT2D eigenvalue weighted by molar-refractivity contribution is 0.309. The summed E-state index contributed by atoms with van der Waals surface area (Å²) in [6.45, 7) is 0.583. The molecule has 4 heteroatoms. The Morgan fingerprint density at radius 2 is 2.24 bits per heavy atom. The largest absolute Gasteiger partial charge is 0.492 e. The number of rotatable bonds is 5. The number of aromatic amines is 1. The number of nitrogens with zero attached hydrogens (tertiary/aromatic N) is 2. The molecule has 0 atom stereocenters. The van der Waals surface area contributed by atoms with Gasteiger partial charge < -0.3 is 9.72 Å². The first kappa shape index (κ1) is 11.2. The molecule has 17 heavy (non-hydrogen) atoms. The maximum absolute atomic E-state index is 8.88. The quantitative estimate of drug-likeness (QED) is 0.797. The van der Waals surface area contributed by atoms with E-state index in [-0.39, 0.29) is 0 Å². The van der Waals surface area contributed by atoms with E-state index in [0.29, 0.717) is 17.9 Å². The molecule has 0 aliphatic carbocycles. The van der Waals surface area contributed by atoms with E-state index in [0.717, 1.165) is 18.7 Å². The summed E-state index contributed by atoms with van der Waals surface area (Å²) in [5.41, 5.74) is 0.575. The Morgan fingerprint density at radius 1 is 1.35 bits per heavy atom. The van der Waals surface area contributed by atoms with E-state index in [9.17, 15) is 0 Å². The minimum Gasteiger partial charge on any atom is -0.492 e. The summed E-state index contributed by atoms with van der Waals surface area (Å²) in [4.78, 5) is 7.17. The molecule has 0 spiro atoms. The summed E-state index contributed by atoms with van der Waals surface area (Å²) >= 11 is 0. The highest BCUT2D eigenvalue weighted by molar-refractivity contribution is 5.42. The molecule has 0 unspecified atom stereocenters. The zero-order valence-corrected chi connectivity index (χ0v) is 9.39. The lowest BCUT2D eigenvalue weighted by Crippen LogP contribution is -2.01. The fourth-order valence-corrected chi connectivity index (χ4v) is 1.54. The molecule has 0 saturated carbocycles. The first-order chi connectivity index (χ1) is 8.40. The van der Waals surface area contributed by atoms with Crippen molar-refractivity contribution in [1.29, 1.82) is 5.26 Å². The van der Waals surface area contributed by atoms with Gasteiger partial charge in [-0.2, -0.15) is 5.26 Å². The van der Waals surface area contributed by atoms with Gasteiger partial charge in [0.15, 0.2) is 0 Å². The van der Waals surface area contributed by atoms with Gasteiger partial charge in [0, 0.05) is 18.8 Å². The zero-order chi connectivity index (χ0) is 11.9. The number of aryl methyl sites for hydroxylation is 1. The van der Waals surface area contributed by atoms with Gasteiger partial charge in [0.2, 0.25) is 0 Å². The average Bonchev–Trinajstić information content (AvgIpc) is 2.88. The van der Waals surface area contributed by atoms with Crippen LogP contribution in [-0.2, 0) is 6.42 Å². The van der Waals surface area contributed by atoms with Crippen molar-refractivity contribution >= 4 is 0 Å². The highest BCUT2D eigenvalue weighted by atomic mass is 16.5. The number of H-pyrrole nitrogens is 1. The Morgan fingerprint density at radius 3 is 3.00 bits per heavy atom. The highest BCUT2D eigenvalue weighted by Gasteiger charge is 2.01. The van der Waals surface area contributed by atoms with Crippen LogP contribution >= 0.6 is 0 Å². The third-order valence-electron chi connectivity index (χ3n) is 2.38. The Kier molecular flexibility index (Phi) is 3.77. The SMILES string of the molecule is N#Cc1ccccc1OCCCc1ncc[nH]1. The van der Waals surface area contributed by atoms with Crippen molar-refractivity contribution in [3.63, 3.8) is 0 Å². The molecule has 0 aliphatic rings. The average molecular weight is 227 g/mol. The minimum absolute atomic E-state index is 0.575. The smallest absolute Gasteiger partial charge is 0.137 e. The van der Waals surface area contributed by atoms with Crippen LogP contribution in [0.1, 0.15) is 17.8 Å². The summed E-state index contributed by atoms with van der Waals surface area (Å²) in [6.07, 6.45) is 5.26. The van der Waals surface area contributed by atoms with Crippen LogP contribution < -0.4 is 4.74 Å². The van der Waals surface area contributed by atoms with Gasteiger partial charge in [-0.3, -0.25) is 0 Å². The number of nitrogens with one attached hydrogen (secondary N) is 1. The van der Waals surface area contributed by atoms with Crippen LogP contribution in [0.3, 0.4) is 0 Å². The summed E-state index contributed by atoms with van der Waals surface area (Å²) in [7, 11) is 0. The van der Waals surface area contributed by atoms with Gasteiger partial charge in [-0.1, -0.05) is 12.1 Å². The lowest BCUT2D eigenvalue weighted by Gasteiger charge is -2.06. The predicted octanol–water partition coefficient (Wildman–Crippen LogP) is 2.29. The molecular formula is C13H13N3O. The van der Waals surface area contributed by atoms with E-state index in [2.05, 4.69) is 16.0 Å². The second kappa shape index (κ2) is 5.71. The topological polar surface area (TPSA) is 61.7 Å².